The highest BCUT2D eigenvalue weighted by atomic mass is 19.3. The second-order valence-electron chi connectivity index (χ2n) is 3.55. The van der Waals surface area contributed by atoms with Crippen LogP contribution in [0.2, 0.25) is 0 Å². The molecule has 2 heterocycles. The van der Waals surface area contributed by atoms with Crippen molar-refractivity contribution in [2.24, 2.45) is 5.92 Å². The van der Waals surface area contributed by atoms with Gasteiger partial charge in [-0.05, 0) is 25.1 Å². The minimum absolute atomic E-state index is 0.0706. The van der Waals surface area contributed by atoms with E-state index in [1.54, 1.807) is 0 Å². The van der Waals surface area contributed by atoms with Crippen molar-refractivity contribution in [1.82, 2.24) is 10.3 Å². The van der Waals surface area contributed by atoms with Crippen molar-refractivity contribution in [2.75, 3.05) is 13.1 Å². The first-order chi connectivity index (χ1) is 6.71. The fourth-order valence-corrected chi connectivity index (χ4v) is 1.77. The Labute approximate surface area is 81.4 Å². The highest BCUT2D eigenvalue weighted by molar-refractivity contribution is 5.18. The SMILES string of the molecule is FC(F)(c1ccncc1)C1CCNC1. The minimum Gasteiger partial charge on any atom is -0.316 e. The fraction of sp³-hybridized carbons (Fsp3) is 0.500. The number of halogens is 2. The van der Waals surface area contributed by atoms with Crippen LogP contribution in [0.25, 0.3) is 0 Å². The van der Waals surface area contributed by atoms with Gasteiger partial charge in [0, 0.05) is 30.4 Å². The largest absolute Gasteiger partial charge is 0.316 e. The summed E-state index contributed by atoms with van der Waals surface area (Å²) >= 11 is 0. The monoisotopic (exact) mass is 198 g/mol. The third kappa shape index (κ3) is 1.62. The zero-order valence-electron chi connectivity index (χ0n) is 7.71. The van der Waals surface area contributed by atoms with Gasteiger partial charge in [-0.3, -0.25) is 4.98 Å². The molecular weight excluding hydrogens is 186 g/mol. The van der Waals surface area contributed by atoms with E-state index in [1.165, 1.54) is 24.5 Å². The molecule has 0 saturated carbocycles. The van der Waals surface area contributed by atoms with Gasteiger partial charge in [-0.1, -0.05) is 0 Å². The van der Waals surface area contributed by atoms with Crippen molar-refractivity contribution in [3.63, 3.8) is 0 Å². The first-order valence-electron chi connectivity index (χ1n) is 4.70. The number of nitrogens with zero attached hydrogens (tertiary/aromatic N) is 1. The Morgan fingerprint density at radius 2 is 2.07 bits per heavy atom. The van der Waals surface area contributed by atoms with Gasteiger partial charge in [0.1, 0.15) is 0 Å². The lowest BCUT2D eigenvalue weighted by Gasteiger charge is -2.22. The summed E-state index contributed by atoms with van der Waals surface area (Å²) in [5, 5.41) is 2.95. The topological polar surface area (TPSA) is 24.9 Å². The summed E-state index contributed by atoms with van der Waals surface area (Å²) in [6.45, 7) is 1.08. The molecule has 76 valence electrons. The Morgan fingerprint density at radius 3 is 2.64 bits per heavy atom. The molecule has 1 atom stereocenters. The lowest BCUT2D eigenvalue weighted by molar-refractivity contribution is -0.0576. The fourth-order valence-electron chi connectivity index (χ4n) is 1.77. The summed E-state index contributed by atoms with van der Waals surface area (Å²) in [6.07, 6.45) is 3.35. The van der Waals surface area contributed by atoms with Crippen LogP contribution in [0.15, 0.2) is 24.5 Å². The highest BCUT2D eigenvalue weighted by Crippen LogP contribution is 2.38. The zero-order valence-corrected chi connectivity index (χ0v) is 7.71. The van der Waals surface area contributed by atoms with Crippen LogP contribution in [0.3, 0.4) is 0 Å². The van der Waals surface area contributed by atoms with Crippen LogP contribution in [0.4, 0.5) is 8.78 Å². The van der Waals surface area contributed by atoms with Gasteiger partial charge in [0.05, 0.1) is 0 Å². The third-order valence-corrected chi connectivity index (χ3v) is 2.64. The van der Waals surface area contributed by atoms with Gasteiger partial charge in [-0.25, -0.2) is 8.78 Å². The molecule has 4 heteroatoms. The molecule has 1 N–H and O–H groups in total. The van der Waals surface area contributed by atoms with Crippen molar-refractivity contribution < 1.29 is 8.78 Å². The number of pyridine rings is 1. The molecule has 0 amide bonds. The van der Waals surface area contributed by atoms with Crippen LogP contribution in [0, 0.1) is 5.92 Å². The number of hydrogen-bond acceptors (Lipinski definition) is 2. The summed E-state index contributed by atoms with van der Waals surface area (Å²) in [7, 11) is 0. The van der Waals surface area contributed by atoms with E-state index < -0.39 is 11.8 Å². The van der Waals surface area contributed by atoms with Crippen LogP contribution in [-0.4, -0.2) is 18.1 Å². The van der Waals surface area contributed by atoms with Crippen molar-refractivity contribution in [3.8, 4) is 0 Å². The number of rotatable bonds is 2. The lowest BCUT2D eigenvalue weighted by Crippen LogP contribution is -2.27. The molecule has 0 bridgehead atoms. The second kappa shape index (κ2) is 3.61. The molecule has 1 aliphatic heterocycles. The van der Waals surface area contributed by atoms with E-state index in [4.69, 9.17) is 0 Å². The number of hydrogen-bond donors (Lipinski definition) is 1. The lowest BCUT2D eigenvalue weighted by atomic mass is 9.94. The Morgan fingerprint density at radius 1 is 1.36 bits per heavy atom. The van der Waals surface area contributed by atoms with E-state index in [-0.39, 0.29) is 5.56 Å². The van der Waals surface area contributed by atoms with Crippen LogP contribution >= 0.6 is 0 Å². The Hall–Kier alpha value is -1.03. The summed E-state index contributed by atoms with van der Waals surface area (Å²) in [5.41, 5.74) is 0.0706. The summed E-state index contributed by atoms with van der Waals surface area (Å²) in [4.78, 5) is 3.74. The van der Waals surface area contributed by atoms with Crippen molar-refractivity contribution >= 4 is 0 Å². The first-order valence-corrected chi connectivity index (χ1v) is 4.70. The van der Waals surface area contributed by atoms with Crippen LogP contribution in [-0.2, 0) is 5.92 Å². The van der Waals surface area contributed by atoms with Gasteiger partial charge in [0.2, 0.25) is 0 Å². The predicted molar refractivity (Wildman–Crippen MR) is 49.1 cm³/mol. The Kier molecular flexibility index (Phi) is 2.46. The van der Waals surface area contributed by atoms with E-state index >= 15 is 0 Å². The van der Waals surface area contributed by atoms with Gasteiger partial charge in [-0.15, -0.1) is 0 Å². The van der Waals surface area contributed by atoms with E-state index in [1.807, 2.05) is 0 Å². The predicted octanol–water partition coefficient (Wildman–Crippen LogP) is 1.78. The molecule has 2 nitrogen and oxygen atoms in total. The summed E-state index contributed by atoms with van der Waals surface area (Å²) in [6, 6.07) is 2.77. The maximum atomic E-state index is 13.8. The van der Waals surface area contributed by atoms with Gasteiger partial charge in [0.25, 0.3) is 5.92 Å². The first kappa shape index (κ1) is 9.52. The Balaban J connectivity index is 2.22. The molecule has 14 heavy (non-hydrogen) atoms. The highest BCUT2D eigenvalue weighted by Gasteiger charge is 2.42. The third-order valence-electron chi connectivity index (χ3n) is 2.64. The quantitative estimate of drug-likeness (QED) is 0.783. The molecule has 1 fully saturated rings. The van der Waals surface area contributed by atoms with Gasteiger partial charge >= 0.3 is 0 Å². The average Bonchev–Trinajstić information content (AvgIpc) is 2.72. The van der Waals surface area contributed by atoms with E-state index in [0.29, 0.717) is 19.5 Å². The van der Waals surface area contributed by atoms with Crippen LogP contribution < -0.4 is 5.32 Å². The van der Waals surface area contributed by atoms with Gasteiger partial charge in [0.15, 0.2) is 0 Å². The van der Waals surface area contributed by atoms with Crippen molar-refractivity contribution in [3.05, 3.63) is 30.1 Å². The number of aromatic nitrogens is 1. The van der Waals surface area contributed by atoms with Gasteiger partial charge in [-0.2, -0.15) is 0 Å². The molecule has 0 radical (unpaired) electrons. The second-order valence-corrected chi connectivity index (χ2v) is 3.55. The summed E-state index contributed by atoms with van der Waals surface area (Å²) in [5.74, 6) is -3.31. The molecule has 1 aromatic rings. The molecule has 1 saturated heterocycles. The zero-order chi connectivity index (χ0) is 10.0. The minimum atomic E-state index is -2.73. The molecular formula is C10H12F2N2. The maximum absolute atomic E-state index is 13.8. The molecule has 1 aliphatic rings. The van der Waals surface area contributed by atoms with Crippen molar-refractivity contribution in [2.45, 2.75) is 12.3 Å². The molecule has 1 unspecified atom stereocenters. The average molecular weight is 198 g/mol. The summed E-state index contributed by atoms with van der Waals surface area (Å²) < 4.78 is 27.6. The molecule has 2 rings (SSSR count). The van der Waals surface area contributed by atoms with E-state index in [9.17, 15) is 8.78 Å². The normalized spacial score (nSPS) is 22.6. The number of alkyl halides is 2. The van der Waals surface area contributed by atoms with Crippen LogP contribution in [0.1, 0.15) is 12.0 Å². The number of nitrogens with one attached hydrogen (secondary N) is 1. The molecule has 0 spiro atoms. The molecule has 1 aromatic heterocycles. The standard InChI is InChI=1S/C10H12F2N2/c11-10(12,9-3-6-14-7-9)8-1-4-13-5-2-8/h1-2,4-5,9,14H,3,6-7H2. The smallest absolute Gasteiger partial charge is 0.277 e. The van der Waals surface area contributed by atoms with E-state index in [2.05, 4.69) is 10.3 Å². The van der Waals surface area contributed by atoms with Gasteiger partial charge < -0.3 is 5.32 Å². The van der Waals surface area contributed by atoms with Crippen LogP contribution in [0.5, 0.6) is 0 Å². The Bertz CT molecular complexity index is 294. The molecule has 0 aliphatic carbocycles. The molecule has 0 aromatic carbocycles. The van der Waals surface area contributed by atoms with E-state index in [0.717, 1.165) is 0 Å². The van der Waals surface area contributed by atoms with Crippen molar-refractivity contribution in [1.29, 1.82) is 0 Å². The maximum Gasteiger partial charge on any atom is 0.277 e.